The molecule has 1 saturated carbocycles. The number of rotatable bonds is 9. The molecule has 2 N–H and O–H groups in total. The summed E-state index contributed by atoms with van der Waals surface area (Å²) in [7, 11) is -4.15. The van der Waals surface area contributed by atoms with Gasteiger partial charge < -0.3 is 14.7 Å². The van der Waals surface area contributed by atoms with Gasteiger partial charge in [-0.2, -0.15) is 0 Å². The van der Waals surface area contributed by atoms with Crippen LogP contribution in [-0.2, 0) is 31.9 Å². The molecule has 0 bridgehead atoms. The molecule has 2 aromatic carbocycles. The van der Waals surface area contributed by atoms with Gasteiger partial charge in [0.2, 0.25) is 10.0 Å². The molecule has 2 fully saturated rings. The Balaban J connectivity index is 1.36. The summed E-state index contributed by atoms with van der Waals surface area (Å²) < 4.78 is 46.0. The zero-order chi connectivity index (χ0) is 27.7. The third kappa shape index (κ3) is 7.02. The van der Waals surface area contributed by atoms with E-state index in [1.807, 2.05) is 18.6 Å². The minimum absolute atomic E-state index is 0.0568. The van der Waals surface area contributed by atoms with Crippen molar-refractivity contribution in [2.75, 3.05) is 19.7 Å². The Hall–Kier alpha value is -2.73. The largest absolute Gasteiger partial charge is 0.483 e. The van der Waals surface area contributed by atoms with Crippen LogP contribution in [0.1, 0.15) is 37.8 Å². The van der Waals surface area contributed by atoms with Crippen molar-refractivity contribution in [3.63, 3.8) is 0 Å². The van der Waals surface area contributed by atoms with Crippen LogP contribution in [0.15, 0.2) is 42.5 Å². The lowest BCUT2D eigenvalue weighted by Crippen LogP contribution is -2.58. The van der Waals surface area contributed by atoms with E-state index in [0.29, 0.717) is 19.6 Å². The number of nitrogens with one attached hydrogen (secondary N) is 1. The summed E-state index contributed by atoms with van der Waals surface area (Å²) in [6.07, 6.45) is 0.416. The normalized spacial score (nSPS) is 21.1. The maximum atomic E-state index is 13.2. The second-order valence-electron chi connectivity index (χ2n) is 10.1. The summed E-state index contributed by atoms with van der Waals surface area (Å²) >= 11 is 6.06. The summed E-state index contributed by atoms with van der Waals surface area (Å²) in [5, 5.41) is 10.1. The van der Waals surface area contributed by atoms with Crippen LogP contribution in [0.3, 0.4) is 0 Å². The molecule has 1 aliphatic carbocycles. The molecule has 2 aliphatic rings. The van der Waals surface area contributed by atoms with E-state index in [-0.39, 0.29) is 59.6 Å². The molecule has 12 heteroatoms. The molecular formula is C26H31ClFN3O6S. The Bertz CT molecular complexity index is 1300. The van der Waals surface area contributed by atoms with Crippen molar-refractivity contribution >= 4 is 33.4 Å². The first kappa shape index (κ1) is 28.3. The number of nitrogens with zero attached hydrogens (tertiary/aromatic N) is 2. The highest BCUT2D eigenvalue weighted by Crippen LogP contribution is 2.35. The number of hydrogen-bond acceptors (Lipinski definition) is 7. The van der Waals surface area contributed by atoms with Crippen molar-refractivity contribution in [1.29, 1.82) is 0 Å². The first-order valence-electron chi connectivity index (χ1n) is 12.3. The number of sulfonamides is 1. The van der Waals surface area contributed by atoms with Crippen LogP contribution in [-0.4, -0.2) is 72.5 Å². The van der Waals surface area contributed by atoms with Gasteiger partial charge in [-0.05, 0) is 62.6 Å². The molecule has 0 radical (unpaired) electrons. The number of ether oxygens (including phenoxy) is 1. The molecule has 1 heterocycles. The van der Waals surface area contributed by atoms with Crippen molar-refractivity contribution < 1.29 is 32.2 Å². The van der Waals surface area contributed by atoms with Crippen LogP contribution in [0.5, 0.6) is 5.75 Å². The highest BCUT2D eigenvalue weighted by atomic mass is 35.5. The van der Waals surface area contributed by atoms with E-state index < -0.39 is 27.3 Å². The SMILES string of the molecule is C[C@@H]1CN(Cc2ccc(F)cc2)[C@@H](C)CN1C(=O)COc1ccc(Cl)cc1CS(=O)(=O)NC(=O)C1(O)CC1. The Kier molecular flexibility index (Phi) is 8.32. The fraction of sp³-hybridized carbons (Fsp3) is 0.462. The maximum Gasteiger partial charge on any atom is 0.265 e. The minimum Gasteiger partial charge on any atom is -0.483 e. The number of carbonyl (C=O) groups excluding carboxylic acids is 2. The van der Waals surface area contributed by atoms with E-state index in [2.05, 4.69) is 4.90 Å². The molecule has 9 nitrogen and oxygen atoms in total. The average molecular weight is 568 g/mol. The highest BCUT2D eigenvalue weighted by Gasteiger charge is 2.49. The van der Waals surface area contributed by atoms with Crippen LogP contribution >= 0.6 is 11.6 Å². The predicted molar refractivity (Wildman–Crippen MR) is 139 cm³/mol. The number of hydrogen-bond donors (Lipinski definition) is 2. The van der Waals surface area contributed by atoms with E-state index in [0.717, 1.165) is 5.56 Å². The Morgan fingerprint density at radius 3 is 2.47 bits per heavy atom. The third-order valence-corrected chi connectivity index (χ3v) is 8.27. The molecule has 2 atom stereocenters. The van der Waals surface area contributed by atoms with Crippen molar-refractivity contribution in [3.8, 4) is 5.75 Å². The van der Waals surface area contributed by atoms with Gasteiger partial charge >= 0.3 is 0 Å². The van der Waals surface area contributed by atoms with E-state index in [1.165, 1.54) is 30.3 Å². The summed E-state index contributed by atoms with van der Waals surface area (Å²) in [6, 6.07) is 10.7. The molecule has 1 aliphatic heterocycles. The number of carbonyl (C=O) groups is 2. The van der Waals surface area contributed by atoms with Gasteiger partial charge in [-0.3, -0.25) is 19.2 Å². The standard InChI is InChI=1S/C26H31ClFN3O6S/c1-17-13-31(18(2)12-30(17)14-19-3-6-22(28)7-4-19)24(32)15-37-23-8-5-21(27)11-20(23)16-38(35,36)29-25(33)26(34)9-10-26/h3-8,11,17-18,34H,9-10,12-16H2,1-2H3,(H,29,33)/t17-,18+/m0/s1. The number of aliphatic hydroxyl groups is 1. The Morgan fingerprint density at radius 2 is 1.82 bits per heavy atom. The minimum atomic E-state index is -4.15. The molecule has 2 aromatic rings. The number of halogens is 2. The molecule has 0 unspecified atom stereocenters. The van der Waals surface area contributed by atoms with Crippen molar-refractivity contribution in [3.05, 3.63) is 64.4 Å². The van der Waals surface area contributed by atoms with Crippen LogP contribution in [0.4, 0.5) is 4.39 Å². The fourth-order valence-electron chi connectivity index (χ4n) is 4.44. The number of benzene rings is 2. The second kappa shape index (κ2) is 11.2. The molecular weight excluding hydrogens is 537 g/mol. The molecule has 0 spiro atoms. The first-order valence-corrected chi connectivity index (χ1v) is 14.3. The summed E-state index contributed by atoms with van der Waals surface area (Å²) in [4.78, 5) is 29.0. The maximum absolute atomic E-state index is 13.2. The molecule has 1 saturated heterocycles. The highest BCUT2D eigenvalue weighted by molar-refractivity contribution is 7.89. The molecule has 2 amide bonds. The van der Waals surface area contributed by atoms with E-state index >= 15 is 0 Å². The average Bonchev–Trinajstić information content (AvgIpc) is 3.60. The van der Waals surface area contributed by atoms with Gasteiger partial charge in [0.25, 0.3) is 11.8 Å². The van der Waals surface area contributed by atoms with Crippen LogP contribution in [0.25, 0.3) is 0 Å². The van der Waals surface area contributed by atoms with Gasteiger partial charge in [-0.25, -0.2) is 12.8 Å². The van der Waals surface area contributed by atoms with Crippen LogP contribution in [0, 0.1) is 5.82 Å². The molecule has 4 rings (SSSR count). The lowest BCUT2D eigenvalue weighted by molar-refractivity contribution is -0.139. The Morgan fingerprint density at radius 1 is 1.13 bits per heavy atom. The second-order valence-corrected chi connectivity index (χ2v) is 12.2. The van der Waals surface area contributed by atoms with E-state index in [4.69, 9.17) is 16.3 Å². The van der Waals surface area contributed by atoms with Crippen molar-refractivity contribution in [2.24, 2.45) is 0 Å². The lowest BCUT2D eigenvalue weighted by Gasteiger charge is -2.44. The quantitative estimate of drug-likeness (QED) is 0.478. The topological polar surface area (TPSA) is 116 Å². The zero-order valence-corrected chi connectivity index (χ0v) is 22.8. The van der Waals surface area contributed by atoms with Crippen LogP contribution < -0.4 is 9.46 Å². The summed E-state index contributed by atoms with van der Waals surface area (Å²) in [6.45, 7) is 5.39. The monoisotopic (exact) mass is 567 g/mol. The first-order chi connectivity index (χ1) is 17.8. The van der Waals surface area contributed by atoms with Crippen LogP contribution in [0.2, 0.25) is 5.02 Å². The van der Waals surface area contributed by atoms with Gasteiger partial charge in [-0.15, -0.1) is 0 Å². The smallest absolute Gasteiger partial charge is 0.265 e. The molecule has 38 heavy (non-hydrogen) atoms. The van der Waals surface area contributed by atoms with Gasteiger partial charge in [0.05, 0.1) is 5.75 Å². The number of amides is 2. The summed E-state index contributed by atoms with van der Waals surface area (Å²) in [5.41, 5.74) is -0.468. The van der Waals surface area contributed by atoms with Gasteiger partial charge in [-0.1, -0.05) is 23.7 Å². The van der Waals surface area contributed by atoms with Gasteiger partial charge in [0.15, 0.2) is 6.61 Å². The Labute approximate surface area is 226 Å². The number of piperazine rings is 1. The van der Waals surface area contributed by atoms with E-state index in [1.54, 1.807) is 17.0 Å². The van der Waals surface area contributed by atoms with Gasteiger partial charge in [0.1, 0.15) is 17.2 Å². The van der Waals surface area contributed by atoms with Crippen molar-refractivity contribution in [1.82, 2.24) is 14.5 Å². The molecule has 0 aromatic heterocycles. The zero-order valence-electron chi connectivity index (χ0n) is 21.2. The third-order valence-electron chi connectivity index (χ3n) is 6.85. The molecule has 206 valence electrons. The predicted octanol–water partition coefficient (Wildman–Crippen LogP) is 2.45. The van der Waals surface area contributed by atoms with Gasteiger partial charge in [0, 0.05) is 42.3 Å². The lowest BCUT2D eigenvalue weighted by atomic mass is 10.1. The summed E-state index contributed by atoms with van der Waals surface area (Å²) in [5.74, 6) is -1.96. The fourth-order valence-corrected chi connectivity index (χ4v) is 5.81. The van der Waals surface area contributed by atoms with E-state index in [9.17, 15) is 27.5 Å². The van der Waals surface area contributed by atoms with Crippen molar-refractivity contribution in [2.45, 2.75) is 56.7 Å².